The van der Waals surface area contributed by atoms with Crippen LogP contribution in [-0.2, 0) is 19.0 Å². The van der Waals surface area contributed by atoms with E-state index in [1.807, 2.05) is 6.08 Å². The molecular weight excluding hydrogens is 393 g/mol. The highest BCUT2D eigenvalue weighted by Crippen LogP contribution is 2.38. The zero-order valence-electron chi connectivity index (χ0n) is 18.4. The number of halogens is 3. The molecule has 0 unspecified atom stereocenters. The molecule has 1 aliphatic rings. The summed E-state index contributed by atoms with van der Waals surface area (Å²) in [7, 11) is 0. The summed E-state index contributed by atoms with van der Waals surface area (Å²) in [5, 5.41) is 0. The minimum Gasteiger partial charge on any atom is -0.166 e. The monoisotopic (exact) mass is 424 g/mol. The average molecular weight is 425 g/mol. The average Bonchev–Trinajstić information content (AvgIpc) is 2.77. The van der Waals surface area contributed by atoms with Crippen LogP contribution in [0.15, 0.2) is 54.6 Å². The van der Waals surface area contributed by atoms with Crippen molar-refractivity contribution in [2.45, 2.75) is 70.9 Å². The van der Waals surface area contributed by atoms with Crippen LogP contribution in [0.4, 0.5) is 13.2 Å². The van der Waals surface area contributed by atoms with Crippen LogP contribution in [0.5, 0.6) is 0 Å². The van der Waals surface area contributed by atoms with E-state index in [1.165, 1.54) is 42.5 Å². The van der Waals surface area contributed by atoms with E-state index < -0.39 is 11.7 Å². The molecule has 1 saturated carbocycles. The lowest BCUT2D eigenvalue weighted by atomic mass is 9.76. The van der Waals surface area contributed by atoms with E-state index >= 15 is 0 Å². The first-order valence-electron chi connectivity index (χ1n) is 11.4. The van der Waals surface area contributed by atoms with Crippen LogP contribution in [0.2, 0.25) is 0 Å². The van der Waals surface area contributed by atoms with Crippen molar-refractivity contribution >= 4 is 0 Å². The second kappa shape index (κ2) is 10.7. The maximum absolute atomic E-state index is 12.6. The quantitative estimate of drug-likeness (QED) is 0.425. The van der Waals surface area contributed by atoms with Crippen LogP contribution in [0.1, 0.15) is 79.7 Å². The third-order valence-corrected chi connectivity index (χ3v) is 6.23. The van der Waals surface area contributed by atoms with Gasteiger partial charge in [0, 0.05) is 5.56 Å². The van der Waals surface area contributed by atoms with Crippen molar-refractivity contribution in [3.05, 3.63) is 82.4 Å². The van der Waals surface area contributed by atoms with Gasteiger partial charge in [-0.3, -0.25) is 0 Å². The maximum Gasteiger partial charge on any atom is 0.416 e. The topological polar surface area (TPSA) is 0 Å². The summed E-state index contributed by atoms with van der Waals surface area (Å²) in [6.07, 6.45) is 7.85. The minimum atomic E-state index is -4.31. The molecule has 0 spiro atoms. The Morgan fingerprint density at radius 3 is 2.29 bits per heavy atom. The van der Waals surface area contributed by atoms with E-state index in [0.717, 1.165) is 37.8 Å². The van der Waals surface area contributed by atoms with E-state index in [9.17, 15) is 13.2 Å². The van der Waals surface area contributed by atoms with E-state index in [1.54, 1.807) is 5.56 Å². The molecule has 31 heavy (non-hydrogen) atoms. The molecule has 0 atom stereocenters. The van der Waals surface area contributed by atoms with E-state index in [0.29, 0.717) is 17.4 Å². The van der Waals surface area contributed by atoms with Crippen LogP contribution in [0.25, 0.3) is 0 Å². The molecule has 0 amide bonds. The number of alkyl halides is 3. The number of rotatable bonds is 5. The Balaban J connectivity index is 1.55. The lowest BCUT2D eigenvalue weighted by Gasteiger charge is -2.29. The summed E-state index contributed by atoms with van der Waals surface area (Å²) >= 11 is 0. The van der Waals surface area contributed by atoms with Gasteiger partial charge in [0.15, 0.2) is 0 Å². The first-order valence-corrected chi connectivity index (χ1v) is 11.4. The molecule has 0 heterocycles. The lowest BCUT2D eigenvalue weighted by molar-refractivity contribution is -0.137. The molecule has 0 radical (unpaired) electrons. The highest BCUT2D eigenvalue weighted by atomic mass is 19.4. The maximum atomic E-state index is 12.6. The first-order chi connectivity index (χ1) is 14.9. The van der Waals surface area contributed by atoms with Gasteiger partial charge in [-0.15, -0.1) is 0 Å². The minimum absolute atomic E-state index is 0.530. The summed E-state index contributed by atoms with van der Waals surface area (Å²) in [5.74, 6) is 7.08. The molecule has 2 aromatic carbocycles. The zero-order valence-corrected chi connectivity index (χ0v) is 18.4. The second-order valence-corrected chi connectivity index (χ2v) is 8.45. The molecule has 0 bridgehead atoms. The lowest BCUT2D eigenvalue weighted by Crippen LogP contribution is -2.13. The fourth-order valence-electron chi connectivity index (χ4n) is 4.44. The van der Waals surface area contributed by atoms with Crippen LogP contribution >= 0.6 is 0 Å². The highest BCUT2D eigenvalue weighted by molar-refractivity contribution is 5.39. The molecule has 1 fully saturated rings. The normalized spacial score (nSPS) is 19.3. The second-order valence-electron chi connectivity index (χ2n) is 8.45. The summed E-state index contributed by atoms with van der Waals surface area (Å²) in [6.45, 7) is 4.46. The van der Waals surface area contributed by atoms with Gasteiger partial charge in [-0.2, -0.15) is 13.2 Å². The molecule has 0 aromatic heterocycles. The van der Waals surface area contributed by atoms with Crippen LogP contribution in [-0.4, -0.2) is 0 Å². The summed E-state index contributed by atoms with van der Waals surface area (Å²) in [4.78, 5) is 0. The van der Waals surface area contributed by atoms with Crippen molar-refractivity contribution in [3.8, 4) is 11.8 Å². The van der Waals surface area contributed by atoms with Gasteiger partial charge in [-0.25, -0.2) is 0 Å². The van der Waals surface area contributed by atoms with Crippen molar-refractivity contribution in [1.29, 1.82) is 0 Å². The Hall–Kier alpha value is -2.47. The number of benzene rings is 2. The van der Waals surface area contributed by atoms with Crippen molar-refractivity contribution in [1.82, 2.24) is 0 Å². The van der Waals surface area contributed by atoms with Crippen LogP contribution in [0.3, 0.4) is 0 Å². The van der Waals surface area contributed by atoms with Gasteiger partial charge in [-0.05, 0) is 97.4 Å². The number of aryl methyl sites for hydroxylation is 2. The highest BCUT2D eigenvalue weighted by Gasteiger charge is 2.29. The van der Waals surface area contributed by atoms with Gasteiger partial charge in [0.2, 0.25) is 0 Å². The van der Waals surface area contributed by atoms with Gasteiger partial charge in [0.05, 0.1) is 5.56 Å². The molecule has 0 nitrogen and oxygen atoms in total. The molecule has 0 aliphatic heterocycles. The van der Waals surface area contributed by atoms with E-state index in [4.69, 9.17) is 0 Å². The Bertz CT molecular complexity index is 931. The van der Waals surface area contributed by atoms with Gasteiger partial charge in [0.1, 0.15) is 0 Å². The van der Waals surface area contributed by atoms with Gasteiger partial charge < -0.3 is 0 Å². The Morgan fingerprint density at radius 1 is 0.968 bits per heavy atom. The standard InChI is InChI=1S/C28H31F3/c1-3-7-25-20-21(4-2)14-19-27(25)24-15-10-22(11-16-24)8-5-6-9-23-12-17-26(18-13-23)28(29,30)31/h5,8,12-14,17-20,22,24H,3-4,7,10-11,15-16H2,1-2H3/t22-,24-. The number of hydrogen-bond acceptors (Lipinski definition) is 0. The predicted octanol–water partition coefficient (Wildman–Crippen LogP) is 8.10. The van der Waals surface area contributed by atoms with Gasteiger partial charge in [0.25, 0.3) is 0 Å². The van der Waals surface area contributed by atoms with Crippen LogP contribution < -0.4 is 0 Å². The SMILES string of the molecule is CCCc1cc(CC)ccc1[C@H]1CC[C@H](C=CC#Cc2ccc(C(F)(F)F)cc2)CC1. The Labute approximate surface area is 184 Å². The third kappa shape index (κ3) is 6.50. The smallest absolute Gasteiger partial charge is 0.166 e. The molecule has 164 valence electrons. The first kappa shape index (κ1) is 23.2. The molecule has 3 heteroatoms. The number of allylic oxidation sites excluding steroid dienone is 2. The molecule has 1 aliphatic carbocycles. The summed E-state index contributed by atoms with van der Waals surface area (Å²) < 4.78 is 37.8. The van der Waals surface area contributed by atoms with Gasteiger partial charge in [-0.1, -0.05) is 56.4 Å². The molecule has 0 N–H and O–H groups in total. The van der Waals surface area contributed by atoms with Gasteiger partial charge >= 0.3 is 6.18 Å². The largest absolute Gasteiger partial charge is 0.416 e. The van der Waals surface area contributed by atoms with E-state index in [-0.39, 0.29) is 0 Å². The number of hydrogen-bond donors (Lipinski definition) is 0. The zero-order chi connectivity index (χ0) is 22.3. The van der Waals surface area contributed by atoms with Crippen molar-refractivity contribution in [2.75, 3.05) is 0 Å². The molecular formula is C28H31F3. The fraction of sp³-hybridized carbons (Fsp3) is 0.429. The van der Waals surface area contributed by atoms with Crippen molar-refractivity contribution in [3.63, 3.8) is 0 Å². The summed E-state index contributed by atoms with van der Waals surface area (Å²) in [5.41, 5.74) is 4.46. The van der Waals surface area contributed by atoms with Crippen molar-refractivity contribution < 1.29 is 13.2 Å². The van der Waals surface area contributed by atoms with Crippen LogP contribution in [0, 0.1) is 17.8 Å². The fourth-order valence-corrected chi connectivity index (χ4v) is 4.44. The Morgan fingerprint density at radius 2 is 1.68 bits per heavy atom. The molecule has 0 saturated heterocycles. The predicted molar refractivity (Wildman–Crippen MR) is 122 cm³/mol. The summed E-state index contributed by atoms with van der Waals surface area (Å²) in [6, 6.07) is 12.1. The van der Waals surface area contributed by atoms with Crippen molar-refractivity contribution in [2.24, 2.45) is 5.92 Å². The Kier molecular flexibility index (Phi) is 8.02. The molecule has 2 aromatic rings. The molecule has 3 rings (SSSR count). The van der Waals surface area contributed by atoms with E-state index in [2.05, 4.69) is 50.0 Å². The third-order valence-electron chi connectivity index (χ3n) is 6.23.